The van der Waals surface area contributed by atoms with Crippen molar-refractivity contribution in [2.75, 3.05) is 20.7 Å². The first kappa shape index (κ1) is 22.5. The zero-order valence-corrected chi connectivity index (χ0v) is 18.8. The topological polar surface area (TPSA) is 128 Å². The minimum Gasteiger partial charge on any atom is -0.395 e. The second-order valence-corrected chi connectivity index (χ2v) is 16.0. The number of aromatic nitrogens is 2. The van der Waals surface area contributed by atoms with Crippen LogP contribution in [0.1, 0.15) is 32.5 Å². The van der Waals surface area contributed by atoms with E-state index in [2.05, 4.69) is 44.2 Å². The van der Waals surface area contributed by atoms with E-state index in [9.17, 15) is 23.7 Å². The Morgan fingerprint density at radius 1 is 1.26 bits per heavy atom. The van der Waals surface area contributed by atoms with Crippen molar-refractivity contribution in [1.82, 2.24) is 18.6 Å². The highest BCUT2D eigenvalue weighted by molar-refractivity contribution is 7.87. The van der Waals surface area contributed by atoms with Gasteiger partial charge in [0, 0.05) is 14.1 Å². The van der Waals surface area contributed by atoms with E-state index in [0.717, 1.165) is 4.31 Å². The lowest BCUT2D eigenvalue weighted by Crippen LogP contribution is -2.56. The predicted octanol–water partition coefficient (Wildman–Crippen LogP) is -1.02. The normalized spacial score (nSPS) is 27.5. The molecular weight excluding hydrogens is 388 g/mol. The number of aliphatic hydroxyl groups is 3. The molecule has 0 spiro atoms. The first-order chi connectivity index (χ1) is 12.2. The summed E-state index contributed by atoms with van der Waals surface area (Å²) < 4.78 is 28.6. The maximum absolute atomic E-state index is 13.2. The average molecular weight is 421 g/mol. The van der Waals surface area contributed by atoms with Gasteiger partial charge in [-0.15, -0.1) is 0 Å². The van der Waals surface area contributed by atoms with Crippen molar-refractivity contribution in [1.29, 1.82) is 0 Å². The van der Waals surface area contributed by atoms with Crippen molar-refractivity contribution >= 4 is 23.7 Å². The monoisotopic (exact) mass is 420 g/mol. The number of hydrogen-bond donors (Lipinski definition) is 4. The molecule has 27 heavy (non-hydrogen) atoms. The Labute approximate surface area is 162 Å². The van der Waals surface area contributed by atoms with Crippen LogP contribution in [0.2, 0.25) is 18.1 Å². The third-order valence-electron chi connectivity index (χ3n) is 5.88. The summed E-state index contributed by atoms with van der Waals surface area (Å²) in [5.74, 6) is 0. The standard InChI is InChI=1S/C16H32N4O5SSi/c1-16(2,3)27(6,7)15-17-8-11(20(15)26(24,25)19(4)5)12-14(23)13(22)10(9-21)18-12/h8,10,12-14,18,21-23H,9H2,1-7H3/t10-,12+,13+,14-/m0/s1. The first-order valence-corrected chi connectivity index (χ1v) is 13.3. The van der Waals surface area contributed by atoms with Gasteiger partial charge in [0.2, 0.25) is 0 Å². The SMILES string of the molecule is CN(C)S(=O)(=O)n1c([C@H]2N[C@@H](CO)[C@@H](O)[C@H]2O)cnc1[Si](C)(C)C(C)(C)C. The molecule has 0 radical (unpaired) electrons. The predicted molar refractivity (Wildman–Crippen MR) is 106 cm³/mol. The Hall–Kier alpha value is -0.823. The number of nitrogens with zero attached hydrogens (tertiary/aromatic N) is 3. The molecule has 9 nitrogen and oxygen atoms in total. The van der Waals surface area contributed by atoms with Crippen molar-refractivity contribution in [3.63, 3.8) is 0 Å². The molecule has 2 heterocycles. The van der Waals surface area contributed by atoms with Gasteiger partial charge in [-0.3, -0.25) is 5.32 Å². The van der Waals surface area contributed by atoms with E-state index in [-0.39, 0.29) is 17.3 Å². The molecule has 0 saturated carbocycles. The molecule has 4 atom stereocenters. The molecule has 1 fully saturated rings. The van der Waals surface area contributed by atoms with Crippen LogP contribution in [0, 0.1) is 0 Å². The smallest absolute Gasteiger partial charge is 0.308 e. The Morgan fingerprint density at radius 3 is 2.22 bits per heavy atom. The van der Waals surface area contributed by atoms with Crippen LogP contribution in [0.4, 0.5) is 0 Å². The fourth-order valence-electron chi connectivity index (χ4n) is 3.00. The molecule has 1 aliphatic heterocycles. The van der Waals surface area contributed by atoms with E-state index in [1.165, 1.54) is 24.3 Å². The zero-order valence-electron chi connectivity index (χ0n) is 17.0. The number of rotatable bonds is 5. The summed E-state index contributed by atoms with van der Waals surface area (Å²) >= 11 is 0. The Morgan fingerprint density at radius 2 is 1.81 bits per heavy atom. The maximum Gasteiger partial charge on any atom is 0.308 e. The summed E-state index contributed by atoms with van der Waals surface area (Å²) in [6.07, 6.45) is -1.02. The molecular formula is C16H32N4O5SSi. The summed E-state index contributed by atoms with van der Waals surface area (Å²) in [6, 6.07) is -1.61. The fourth-order valence-corrected chi connectivity index (χ4v) is 6.75. The van der Waals surface area contributed by atoms with Crippen LogP contribution in [0.3, 0.4) is 0 Å². The second-order valence-electron chi connectivity index (χ2n) is 8.85. The summed E-state index contributed by atoms with van der Waals surface area (Å²) in [7, 11) is -3.38. The van der Waals surface area contributed by atoms with Gasteiger partial charge < -0.3 is 15.3 Å². The van der Waals surface area contributed by atoms with E-state index in [0.29, 0.717) is 5.45 Å². The molecule has 4 N–H and O–H groups in total. The largest absolute Gasteiger partial charge is 0.395 e. The van der Waals surface area contributed by atoms with E-state index < -0.39 is 42.6 Å². The molecule has 0 bridgehead atoms. The quantitative estimate of drug-likeness (QED) is 0.449. The van der Waals surface area contributed by atoms with Gasteiger partial charge in [-0.1, -0.05) is 33.9 Å². The lowest BCUT2D eigenvalue weighted by molar-refractivity contribution is 0.0189. The van der Waals surface area contributed by atoms with E-state index in [1.807, 2.05) is 0 Å². The number of aliphatic hydroxyl groups excluding tert-OH is 3. The van der Waals surface area contributed by atoms with Gasteiger partial charge in [0.1, 0.15) is 19.6 Å². The van der Waals surface area contributed by atoms with Gasteiger partial charge in [0.25, 0.3) is 0 Å². The van der Waals surface area contributed by atoms with Gasteiger partial charge in [0.15, 0.2) is 0 Å². The maximum atomic E-state index is 13.2. The van der Waals surface area contributed by atoms with Crippen LogP contribution < -0.4 is 10.8 Å². The zero-order chi connectivity index (χ0) is 20.9. The number of imidazole rings is 1. The van der Waals surface area contributed by atoms with Crippen molar-refractivity contribution in [3.05, 3.63) is 11.9 Å². The average Bonchev–Trinajstić information content (AvgIpc) is 3.09. The van der Waals surface area contributed by atoms with Crippen LogP contribution in [-0.4, -0.2) is 84.0 Å². The van der Waals surface area contributed by atoms with Gasteiger partial charge in [-0.2, -0.15) is 12.7 Å². The van der Waals surface area contributed by atoms with Gasteiger partial charge >= 0.3 is 10.2 Å². The summed E-state index contributed by atoms with van der Waals surface area (Å²) in [6.45, 7) is 9.94. The second kappa shape index (κ2) is 7.21. The van der Waals surface area contributed by atoms with E-state index in [1.54, 1.807) is 0 Å². The molecule has 1 aromatic heterocycles. The number of nitrogens with one attached hydrogen (secondary N) is 1. The number of hydrogen-bond acceptors (Lipinski definition) is 7. The molecule has 0 aliphatic carbocycles. The third-order valence-corrected chi connectivity index (χ3v) is 13.0. The fraction of sp³-hybridized carbons (Fsp3) is 0.812. The van der Waals surface area contributed by atoms with Gasteiger partial charge in [-0.25, -0.2) is 8.96 Å². The minimum absolute atomic E-state index is 0.163. The van der Waals surface area contributed by atoms with Crippen LogP contribution in [0.25, 0.3) is 0 Å². The molecule has 1 aliphatic rings. The third kappa shape index (κ3) is 3.61. The highest BCUT2D eigenvalue weighted by atomic mass is 32.2. The van der Waals surface area contributed by atoms with Crippen LogP contribution in [0.15, 0.2) is 6.20 Å². The molecule has 1 aromatic rings. The van der Waals surface area contributed by atoms with Crippen molar-refractivity contribution in [3.8, 4) is 0 Å². The summed E-state index contributed by atoms with van der Waals surface area (Å²) in [5.41, 5.74) is 0.737. The highest BCUT2D eigenvalue weighted by Gasteiger charge is 2.48. The molecule has 0 aromatic carbocycles. The lowest BCUT2D eigenvalue weighted by atomic mass is 10.1. The Balaban J connectivity index is 2.72. The molecule has 156 valence electrons. The highest BCUT2D eigenvalue weighted by Crippen LogP contribution is 2.37. The van der Waals surface area contributed by atoms with Crippen molar-refractivity contribution in [2.24, 2.45) is 0 Å². The van der Waals surface area contributed by atoms with Crippen LogP contribution >= 0.6 is 0 Å². The van der Waals surface area contributed by atoms with Crippen molar-refractivity contribution < 1.29 is 23.7 Å². The molecule has 11 heteroatoms. The molecule has 0 amide bonds. The summed E-state index contributed by atoms with van der Waals surface area (Å²) in [4.78, 5) is 4.48. The van der Waals surface area contributed by atoms with Crippen LogP contribution in [-0.2, 0) is 10.2 Å². The van der Waals surface area contributed by atoms with Gasteiger partial charge in [-0.05, 0) is 5.04 Å². The first-order valence-electron chi connectivity index (χ1n) is 8.92. The molecule has 0 unspecified atom stereocenters. The van der Waals surface area contributed by atoms with Gasteiger partial charge in [0.05, 0.1) is 36.7 Å². The minimum atomic E-state index is -3.91. The van der Waals surface area contributed by atoms with Crippen LogP contribution in [0.5, 0.6) is 0 Å². The lowest BCUT2D eigenvalue weighted by Gasteiger charge is -2.36. The van der Waals surface area contributed by atoms with E-state index in [4.69, 9.17) is 0 Å². The Bertz CT molecular complexity index is 787. The van der Waals surface area contributed by atoms with Crippen molar-refractivity contribution in [2.45, 2.75) is 63.2 Å². The summed E-state index contributed by atoms with van der Waals surface area (Å²) in [5, 5.41) is 32.8. The Kier molecular flexibility index (Phi) is 6.00. The molecule has 1 saturated heterocycles. The molecule has 2 rings (SSSR count). The van der Waals surface area contributed by atoms with E-state index >= 15 is 0 Å².